The Hall–Kier alpha value is -3.98. The highest BCUT2D eigenvalue weighted by atomic mass is 16.4. The van der Waals surface area contributed by atoms with E-state index in [9.17, 15) is 19.5 Å². The lowest BCUT2D eigenvalue weighted by molar-refractivity contribution is -0.140. The summed E-state index contributed by atoms with van der Waals surface area (Å²) in [6.45, 7) is 0.114. The van der Waals surface area contributed by atoms with E-state index in [4.69, 9.17) is 9.52 Å². The van der Waals surface area contributed by atoms with Gasteiger partial charge >= 0.3 is 11.9 Å². The number of amides is 1. The second-order valence-electron chi connectivity index (χ2n) is 7.79. The number of carbonyl (C=O) groups excluding carboxylic acids is 1. The van der Waals surface area contributed by atoms with Gasteiger partial charge in [0.1, 0.15) is 11.8 Å². The first-order valence-corrected chi connectivity index (χ1v) is 10.9. The van der Waals surface area contributed by atoms with E-state index in [1.807, 2.05) is 60.7 Å². The molecule has 2 aromatic carbocycles. The van der Waals surface area contributed by atoms with E-state index >= 15 is 0 Å². The van der Waals surface area contributed by atoms with Crippen LogP contribution in [0.4, 0.5) is 0 Å². The molecule has 0 unspecified atom stereocenters. The number of carbonyl (C=O) groups is 3. The third-order valence-electron chi connectivity index (χ3n) is 5.36. The molecule has 34 heavy (non-hydrogen) atoms. The molecule has 0 spiro atoms. The molecule has 178 valence electrons. The summed E-state index contributed by atoms with van der Waals surface area (Å²) in [5.41, 5.74) is 1.70. The van der Waals surface area contributed by atoms with Gasteiger partial charge in [-0.05, 0) is 30.4 Å². The lowest BCUT2D eigenvalue weighted by Crippen LogP contribution is -2.52. The number of rotatable bonds is 13. The molecule has 0 aliphatic rings. The summed E-state index contributed by atoms with van der Waals surface area (Å²) in [5.74, 6) is -2.46. The molecule has 2 atom stereocenters. The van der Waals surface area contributed by atoms with Crippen molar-refractivity contribution in [3.63, 3.8) is 0 Å². The van der Waals surface area contributed by atoms with E-state index in [0.717, 1.165) is 17.5 Å². The third-order valence-corrected chi connectivity index (χ3v) is 5.36. The Bertz CT molecular complexity index is 1080. The molecule has 0 radical (unpaired) electrons. The maximum absolute atomic E-state index is 13.0. The van der Waals surface area contributed by atoms with E-state index in [1.54, 1.807) is 0 Å². The number of aromatic carboxylic acids is 1. The molecule has 3 aromatic rings. The standard InChI is InChI=1S/C25H27N3O6/c29-23(26-14-13-21-22(25(32)33)27-16-34-21)20(15-18-9-5-2-6-10-18)28-19(24(30)31)12-11-17-7-3-1-4-8-17/h1-10,16,19-20,28H,11-15H2,(H,26,29)(H,30,31)(H,32,33)/t19-,20-/m0/s1. The number of aliphatic carboxylic acids is 1. The molecule has 0 aliphatic carbocycles. The first-order chi connectivity index (χ1) is 16.4. The van der Waals surface area contributed by atoms with Gasteiger partial charge in [-0.2, -0.15) is 0 Å². The van der Waals surface area contributed by atoms with Crippen molar-refractivity contribution in [1.29, 1.82) is 0 Å². The molecule has 9 heteroatoms. The largest absolute Gasteiger partial charge is 0.480 e. The number of nitrogens with one attached hydrogen (secondary N) is 2. The van der Waals surface area contributed by atoms with Crippen LogP contribution in [-0.2, 0) is 28.9 Å². The molecular formula is C25H27N3O6. The van der Waals surface area contributed by atoms with Crippen molar-refractivity contribution < 1.29 is 29.0 Å². The van der Waals surface area contributed by atoms with E-state index < -0.39 is 24.0 Å². The Balaban J connectivity index is 1.66. The van der Waals surface area contributed by atoms with E-state index in [1.165, 1.54) is 0 Å². The highest BCUT2D eigenvalue weighted by Crippen LogP contribution is 2.10. The Morgan fingerprint density at radius 1 is 0.882 bits per heavy atom. The smallest absolute Gasteiger partial charge is 0.358 e. The van der Waals surface area contributed by atoms with Crippen LogP contribution in [0, 0.1) is 0 Å². The number of oxazole rings is 1. The van der Waals surface area contributed by atoms with Gasteiger partial charge in [0.05, 0.1) is 6.04 Å². The second kappa shape index (κ2) is 12.3. The van der Waals surface area contributed by atoms with Gasteiger partial charge in [-0.15, -0.1) is 0 Å². The summed E-state index contributed by atoms with van der Waals surface area (Å²) in [4.78, 5) is 39.7. The number of nitrogens with zero attached hydrogens (tertiary/aromatic N) is 1. The van der Waals surface area contributed by atoms with Crippen LogP contribution in [0.3, 0.4) is 0 Å². The van der Waals surface area contributed by atoms with Crippen molar-refractivity contribution in [3.8, 4) is 0 Å². The van der Waals surface area contributed by atoms with Crippen molar-refractivity contribution in [2.75, 3.05) is 6.54 Å². The summed E-state index contributed by atoms with van der Waals surface area (Å²) in [5, 5.41) is 24.6. The zero-order chi connectivity index (χ0) is 24.3. The van der Waals surface area contributed by atoms with Crippen molar-refractivity contribution >= 4 is 17.8 Å². The lowest BCUT2D eigenvalue weighted by Gasteiger charge is -2.23. The molecule has 0 saturated carbocycles. The highest BCUT2D eigenvalue weighted by Gasteiger charge is 2.26. The highest BCUT2D eigenvalue weighted by molar-refractivity contribution is 5.86. The fraction of sp³-hybridized carbons (Fsp3) is 0.280. The molecule has 4 N–H and O–H groups in total. The summed E-state index contributed by atoms with van der Waals surface area (Å²) >= 11 is 0. The van der Waals surface area contributed by atoms with Crippen LogP contribution in [0.5, 0.6) is 0 Å². The topological polar surface area (TPSA) is 142 Å². The molecule has 0 aliphatic heterocycles. The van der Waals surface area contributed by atoms with Gasteiger partial charge in [-0.25, -0.2) is 9.78 Å². The van der Waals surface area contributed by atoms with Crippen LogP contribution in [0.2, 0.25) is 0 Å². The monoisotopic (exact) mass is 465 g/mol. The normalized spacial score (nSPS) is 12.6. The number of aryl methyl sites for hydroxylation is 1. The molecule has 0 bridgehead atoms. The fourth-order valence-electron chi connectivity index (χ4n) is 3.60. The quantitative estimate of drug-likeness (QED) is 0.301. The molecule has 1 aromatic heterocycles. The van der Waals surface area contributed by atoms with Gasteiger partial charge in [0.25, 0.3) is 0 Å². The van der Waals surface area contributed by atoms with Gasteiger partial charge < -0.3 is 19.9 Å². The number of aromatic nitrogens is 1. The minimum atomic E-state index is -1.21. The number of hydrogen-bond donors (Lipinski definition) is 4. The van der Waals surface area contributed by atoms with Crippen LogP contribution < -0.4 is 10.6 Å². The first-order valence-electron chi connectivity index (χ1n) is 10.9. The molecule has 1 heterocycles. The average molecular weight is 466 g/mol. The first kappa shape index (κ1) is 24.7. The predicted molar refractivity (Wildman–Crippen MR) is 123 cm³/mol. The predicted octanol–water partition coefficient (Wildman–Crippen LogP) is 2.32. The maximum Gasteiger partial charge on any atom is 0.358 e. The maximum atomic E-state index is 13.0. The second-order valence-corrected chi connectivity index (χ2v) is 7.79. The van der Waals surface area contributed by atoms with Crippen LogP contribution >= 0.6 is 0 Å². The molecule has 0 saturated heterocycles. The van der Waals surface area contributed by atoms with E-state index in [-0.39, 0.29) is 30.3 Å². The van der Waals surface area contributed by atoms with Gasteiger partial charge in [-0.3, -0.25) is 14.9 Å². The summed E-state index contributed by atoms with van der Waals surface area (Å²) in [7, 11) is 0. The number of hydrogen-bond acceptors (Lipinski definition) is 6. The molecule has 1 amide bonds. The lowest BCUT2D eigenvalue weighted by atomic mass is 10.0. The third kappa shape index (κ3) is 7.28. The minimum Gasteiger partial charge on any atom is -0.480 e. The summed E-state index contributed by atoms with van der Waals surface area (Å²) in [6, 6.07) is 17.1. The van der Waals surface area contributed by atoms with Crippen LogP contribution in [0.1, 0.15) is 33.8 Å². The van der Waals surface area contributed by atoms with Crippen molar-refractivity contribution in [2.24, 2.45) is 0 Å². The van der Waals surface area contributed by atoms with Crippen molar-refractivity contribution in [1.82, 2.24) is 15.6 Å². The van der Waals surface area contributed by atoms with E-state index in [2.05, 4.69) is 15.6 Å². The van der Waals surface area contributed by atoms with E-state index in [0.29, 0.717) is 19.3 Å². The molecular weight excluding hydrogens is 438 g/mol. The van der Waals surface area contributed by atoms with Crippen molar-refractivity contribution in [3.05, 3.63) is 89.6 Å². The zero-order valence-electron chi connectivity index (χ0n) is 18.5. The van der Waals surface area contributed by atoms with Crippen LogP contribution in [0.15, 0.2) is 71.5 Å². The zero-order valence-corrected chi connectivity index (χ0v) is 18.5. The van der Waals surface area contributed by atoms with Crippen molar-refractivity contribution in [2.45, 2.75) is 37.8 Å². The van der Waals surface area contributed by atoms with Crippen LogP contribution in [0.25, 0.3) is 0 Å². The van der Waals surface area contributed by atoms with Gasteiger partial charge in [0, 0.05) is 13.0 Å². The average Bonchev–Trinajstić information content (AvgIpc) is 3.31. The number of carboxylic acids is 2. The van der Waals surface area contributed by atoms with Gasteiger partial charge in [0.15, 0.2) is 12.1 Å². The fourth-order valence-corrected chi connectivity index (χ4v) is 3.60. The Morgan fingerprint density at radius 2 is 1.53 bits per heavy atom. The molecule has 0 fully saturated rings. The molecule has 9 nitrogen and oxygen atoms in total. The number of benzene rings is 2. The Morgan fingerprint density at radius 3 is 2.15 bits per heavy atom. The Labute approximate surface area is 196 Å². The number of carboxylic acid groups (broad SMARTS) is 2. The Kier molecular flexibility index (Phi) is 8.93. The van der Waals surface area contributed by atoms with Gasteiger partial charge in [-0.1, -0.05) is 60.7 Å². The summed E-state index contributed by atoms with van der Waals surface area (Å²) < 4.78 is 5.10. The van der Waals surface area contributed by atoms with Gasteiger partial charge in [0.2, 0.25) is 5.91 Å². The van der Waals surface area contributed by atoms with Crippen LogP contribution in [-0.4, -0.2) is 51.7 Å². The SMILES string of the molecule is O=C(O)c1ncoc1CCNC(=O)[C@H](Cc1ccccc1)N[C@@H](CCc1ccccc1)C(=O)O. The molecule has 3 rings (SSSR count). The summed E-state index contributed by atoms with van der Waals surface area (Å²) in [6.07, 6.45) is 2.35. The minimum absolute atomic E-state index is 0.114.